The van der Waals surface area contributed by atoms with Gasteiger partial charge in [0.1, 0.15) is 11.7 Å². The van der Waals surface area contributed by atoms with Crippen molar-refractivity contribution in [1.82, 2.24) is 10.2 Å². The quantitative estimate of drug-likeness (QED) is 0.825. The maximum absolute atomic E-state index is 12.0. The SMILES string of the molecule is CC[C@@H](O)C(=O)N1CCC[C@H](CNC(=O)OC(C)(C)C)C1. The fourth-order valence-electron chi connectivity index (χ4n) is 2.36. The van der Waals surface area contributed by atoms with Gasteiger partial charge in [0.2, 0.25) is 0 Å². The molecular weight excluding hydrogens is 272 g/mol. The lowest BCUT2D eigenvalue weighted by Gasteiger charge is -2.34. The van der Waals surface area contributed by atoms with Gasteiger partial charge < -0.3 is 20.1 Å². The number of alkyl carbamates (subject to hydrolysis) is 1. The van der Waals surface area contributed by atoms with Crippen LogP contribution in [0.4, 0.5) is 4.79 Å². The Labute approximate surface area is 126 Å². The molecule has 2 N–H and O–H groups in total. The number of aliphatic hydroxyl groups is 1. The number of carbonyl (C=O) groups is 2. The smallest absolute Gasteiger partial charge is 0.407 e. The van der Waals surface area contributed by atoms with Gasteiger partial charge >= 0.3 is 6.09 Å². The van der Waals surface area contributed by atoms with E-state index in [1.165, 1.54) is 0 Å². The molecule has 0 aromatic rings. The average molecular weight is 300 g/mol. The highest BCUT2D eigenvalue weighted by Crippen LogP contribution is 2.17. The third-order valence-corrected chi connectivity index (χ3v) is 3.44. The van der Waals surface area contributed by atoms with Crippen LogP contribution in [0.15, 0.2) is 0 Å². The van der Waals surface area contributed by atoms with Crippen molar-refractivity contribution in [3.8, 4) is 0 Å². The Balaban J connectivity index is 2.40. The Morgan fingerprint density at radius 3 is 2.67 bits per heavy atom. The molecule has 0 spiro atoms. The summed E-state index contributed by atoms with van der Waals surface area (Å²) in [6, 6.07) is 0. The van der Waals surface area contributed by atoms with Crippen molar-refractivity contribution in [2.24, 2.45) is 5.92 Å². The van der Waals surface area contributed by atoms with Gasteiger partial charge in [0.15, 0.2) is 0 Å². The fourth-order valence-corrected chi connectivity index (χ4v) is 2.36. The molecule has 0 saturated carbocycles. The van der Waals surface area contributed by atoms with Crippen molar-refractivity contribution in [3.63, 3.8) is 0 Å². The zero-order valence-corrected chi connectivity index (χ0v) is 13.5. The third-order valence-electron chi connectivity index (χ3n) is 3.44. The van der Waals surface area contributed by atoms with Gasteiger partial charge in [-0.05, 0) is 46.0 Å². The molecule has 1 heterocycles. The van der Waals surface area contributed by atoms with E-state index in [2.05, 4.69) is 5.32 Å². The summed E-state index contributed by atoms with van der Waals surface area (Å²) < 4.78 is 5.19. The molecule has 0 bridgehead atoms. The zero-order valence-electron chi connectivity index (χ0n) is 13.5. The molecule has 2 amide bonds. The molecular formula is C15H28N2O4. The van der Waals surface area contributed by atoms with E-state index in [1.807, 2.05) is 20.8 Å². The lowest BCUT2D eigenvalue weighted by Crippen LogP contribution is -2.47. The van der Waals surface area contributed by atoms with Crippen LogP contribution < -0.4 is 5.32 Å². The van der Waals surface area contributed by atoms with Crippen molar-refractivity contribution in [2.45, 2.75) is 58.7 Å². The van der Waals surface area contributed by atoms with E-state index < -0.39 is 17.8 Å². The first-order chi connectivity index (χ1) is 9.73. The number of ether oxygens (including phenoxy) is 1. The van der Waals surface area contributed by atoms with Crippen molar-refractivity contribution in [1.29, 1.82) is 0 Å². The highest BCUT2D eigenvalue weighted by molar-refractivity contribution is 5.80. The molecule has 0 aliphatic carbocycles. The van der Waals surface area contributed by atoms with Crippen LogP contribution in [-0.2, 0) is 9.53 Å². The van der Waals surface area contributed by atoms with Crippen LogP contribution >= 0.6 is 0 Å². The third kappa shape index (κ3) is 6.33. The van der Waals surface area contributed by atoms with Gasteiger partial charge in [-0.15, -0.1) is 0 Å². The second-order valence-corrected chi connectivity index (χ2v) is 6.60. The van der Waals surface area contributed by atoms with Crippen LogP contribution in [0.25, 0.3) is 0 Å². The van der Waals surface area contributed by atoms with Crippen LogP contribution in [0.1, 0.15) is 47.0 Å². The van der Waals surface area contributed by atoms with E-state index in [1.54, 1.807) is 11.8 Å². The average Bonchev–Trinajstić information content (AvgIpc) is 2.42. The summed E-state index contributed by atoms with van der Waals surface area (Å²) in [7, 11) is 0. The summed E-state index contributed by atoms with van der Waals surface area (Å²) in [5.74, 6) is -0.00116. The Morgan fingerprint density at radius 1 is 1.43 bits per heavy atom. The monoisotopic (exact) mass is 300 g/mol. The molecule has 2 atom stereocenters. The molecule has 1 aliphatic heterocycles. The van der Waals surface area contributed by atoms with E-state index in [4.69, 9.17) is 4.74 Å². The van der Waals surface area contributed by atoms with Gasteiger partial charge in [0.05, 0.1) is 0 Å². The highest BCUT2D eigenvalue weighted by Gasteiger charge is 2.27. The summed E-state index contributed by atoms with van der Waals surface area (Å²) in [5.41, 5.74) is -0.510. The molecule has 1 fully saturated rings. The van der Waals surface area contributed by atoms with Crippen molar-refractivity contribution < 1.29 is 19.4 Å². The summed E-state index contributed by atoms with van der Waals surface area (Å²) in [6.45, 7) is 8.98. The van der Waals surface area contributed by atoms with Gasteiger partial charge in [0.25, 0.3) is 5.91 Å². The van der Waals surface area contributed by atoms with E-state index in [0.717, 1.165) is 12.8 Å². The van der Waals surface area contributed by atoms with Crippen LogP contribution in [0, 0.1) is 5.92 Å². The predicted molar refractivity (Wildman–Crippen MR) is 79.8 cm³/mol. The molecule has 0 aromatic heterocycles. The second-order valence-electron chi connectivity index (χ2n) is 6.60. The van der Waals surface area contributed by atoms with Gasteiger partial charge in [-0.2, -0.15) is 0 Å². The van der Waals surface area contributed by atoms with Crippen molar-refractivity contribution in [2.75, 3.05) is 19.6 Å². The number of nitrogens with zero attached hydrogens (tertiary/aromatic N) is 1. The number of hydrogen-bond donors (Lipinski definition) is 2. The minimum Gasteiger partial charge on any atom is -0.444 e. The lowest BCUT2D eigenvalue weighted by atomic mass is 9.97. The van der Waals surface area contributed by atoms with Crippen LogP contribution in [0.5, 0.6) is 0 Å². The normalized spacial score (nSPS) is 20.8. The standard InChI is InChI=1S/C15H28N2O4/c1-5-12(18)13(19)17-8-6-7-11(10-17)9-16-14(20)21-15(2,3)4/h11-12,18H,5-10H2,1-4H3,(H,16,20)/t11-,12-/m1/s1. The van der Waals surface area contributed by atoms with Crippen LogP contribution in [0.3, 0.4) is 0 Å². The first kappa shape index (κ1) is 17.8. The minimum atomic E-state index is -0.914. The number of nitrogens with one attached hydrogen (secondary N) is 1. The number of likely N-dealkylation sites (tertiary alicyclic amines) is 1. The molecule has 6 heteroatoms. The second kappa shape index (κ2) is 7.64. The first-order valence-electron chi connectivity index (χ1n) is 7.66. The van der Waals surface area contributed by atoms with Crippen molar-refractivity contribution in [3.05, 3.63) is 0 Å². The van der Waals surface area contributed by atoms with Gasteiger partial charge in [-0.25, -0.2) is 4.79 Å². The van der Waals surface area contributed by atoms with Crippen molar-refractivity contribution >= 4 is 12.0 Å². The highest BCUT2D eigenvalue weighted by atomic mass is 16.6. The minimum absolute atomic E-state index is 0.208. The van der Waals surface area contributed by atoms with E-state index >= 15 is 0 Å². The van der Waals surface area contributed by atoms with E-state index in [-0.39, 0.29) is 11.8 Å². The topological polar surface area (TPSA) is 78.9 Å². The van der Waals surface area contributed by atoms with E-state index in [9.17, 15) is 14.7 Å². The number of aliphatic hydroxyl groups excluding tert-OH is 1. The Kier molecular flexibility index (Phi) is 6.45. The Morgan fingerprint density at radius 2 is 2.10 bits per heavy atom. The molecule has 21 heavy (non-hydrogen) atoms. The van der Waals surface area contributed by atoms with Crippen LogP contribution in [0.2, 0.25) is 0 Å². The number of amides is 2. The largest absolute Gasteiger partial charge is 0.444 e. The molecule has 122 valence electrons. The van der Waals surface area contributed by atoms with Gasteiger partial charge in [-0.3, -0.25) is 4.79 Å². The summed E-state index contributed by atoms with van der Waals surface area (Å²) in [5, 5.41) is 12.4. The molecule has 1 saturated heterocycles. The molecule has 0 aromatic carbocycles. The summed E-state index contributed by atoms with van der Waals surface area (Å²) in [4.78, 5) is 25.3. The summed E-state index contributed by atoms with van der Waals surface area (Å²) >= 11 is 0. The lowest BCUT2D eigenvalue weighted by molar-refractivity contribution is -0.142. The number of piperidine rings is 1. The molecule has 6 nitrogen and oxygen atoms in total. The van der Waals surface area contributed by atoms with Gasteiger partial charge in [-0.1, -0.05) is 6.92 Å². The molecule has 1 rings (SSSR count). The number of hydrogen-bond acceptors (Lipinski definition) is 4. The molecule has 0 unspecified atom stereocenters. The number of rotatable bonds is 4. The summed E-state index contributed by atoms with van der Waals surface area (Å²) in [6.07, 6.45) is 0.933. The fraction of sp³-hybridized carbons (Fsp3) is 0.867. The van der Waals surface area contributed by atoms with Gasteiger partial charge in [0, 0.05) is 19.6 Å². The number of carbonyl (C=O) groups excluding carboxylic acids is 2. The Bertz CT molecular complexity index is 365. The maximum atomic E-state index is 12.0. The van der Waals surface area contributed by atoms with Crippen LogP contribution in [-0.4, -0.2) is 53.3 Å². The van der Waals surface area contributed by atoms with E-state index in [0.29, 0.717) is 26.1 Å². The first-order valence-corrected chi connectivity index (χ1v) is 7.66. The maximum Gasteiger partial charge on any atom is 0.407 e. The molecule has 1 aliphatic rings. The Hall–Kier alpha value is -1.30. The zero-order chi connectivity index (χ0) is 16.0. The molecule has 0 radical (unpaired) electrons. The predicted octanol–water partition coefficient (Wildman–Crippen LogP) is 1.52.